The van der Waals surface area contributed by atoms with Crippen molar-refractivity contribution < 1.29 is 9.53 Å². The summed E-state index contributed by atoms with van der Waals surface area (Å²) < 4.78 is 7.66. The van der Waals surface area contributed by atoms with Crippen molar-refractivity contribution in [1.82, 2.24) is 19.4 Å². The molecule has 0 aliphatic heterocycles. The molecule has 2 aromatic heterocycles. The number of rotatable bonds is 10. The van der Waals surface area contributed by atoms with E-state index in [2.05, 4.69) is 23.4 Å². The van der Waals surface area contributed by atoms with Gasteiger partial charge in [-0.1, -0.05) is 61.8 Å². The maximum atomic E-state index is 13.5. The second kappa shape index (κ2) is 11.4. The van der Waals surface area contributed by atoms with E-state index in [1.165, 1.54) is 0 Å². The van der Waals surface area contributed by atoms with Crippen LogP contribution in [0.5, 0.6) is 5.75 Å². The molecule has 0 spiro atoms. The summed E-state index contributed by atoms with van der Waals surface area (Å²) in [7, 11) is 1.67. The van der Waals surface area contributed by atoms with E-state index < -0.39 is 0 Å². The Balaban J connectivity index is 1.67. The monoisotopic (exact) mass is 490 g/mol. The van der Waals surface area contributed by atoms with Crippen molar-refractivity contribution in [2.45, 2.75) is 39.8 Å². The second-order valence-corrected chi connectivity index (χ2v) is 9.45. The van der Waals surface area contributed by atoms with Crippen LogP contribution < -0.4 is 4.74 Å². The van der Waals surface area contributed by atoms with Crippen molar-refractivity contribution in [3.05, 3.63) is 88.8 Å². The van der Waals surface area contributed by atoms with Gasteiger partial charge in [-0.15, -0.1) is 0 Å². The summed E-state index contributed by atoms with van der Waals surface area (Å²) in [6.45, 7) is 5.91. The quantitative estimate of drug-likeness (QED) is 0.283. The first-order valence-electron chi connectivity index (χ1n) is 11.9. The van der Waals surface area contributed by atoms with Crippen molar-refractivity contribution in [3.63, 3.8) is 0 Å². The first kappa shape index (κ1) is 24.7. The highest BCUT2D eigenvalue weighted by molar-refractivity contribution is 6.31. The van der Waals surface area contributed by atoms with Crippen LogP contribution in [0.1, 0.15) is 37.2 Å². The molecule has 0 saturated heterocycles. The first-order chi connectivity index (χ1) is 17.0. The van der Waals surface area contributed by atoms with Crippen LogP contribution >= 0.6 is 11.6 Å². The Morgan fingerprint density at radius 3 is 2.54 bits per heavy atom. The summed E-state index contributed by atoms with van der Waals surface area (Å²) in [5.41, 5.74) is 3.45. The number of halogens is 1. The minimum absolute atomic E-state index is 0.0302. The van der Waals surface area contributed by atoms with Gasteiger partial charge < -0.3 is 14.2 Å². The van der Waals surface area contributed by atoms with Crippen LogP contribution in [0.4, 0.5) is 0 Å². The molecule has 182 valence electrons. The zero-order chi connectivity index (χ0) is 24.8. The van der Waals surface area contributed by atoms with Crippen molar-refractivity contribution in [2.75, 3.05) is 13.7 Å². The van der Waals surface area contributed by atoms with Crippen molar-refractivity contribution >= 4 is 28.7 Å². The third-order valence-electron chi connectivity index (χ3n) is 6.06. The molecule has 2 heterocycles. The number of ether oxygens (including phenoxy) is 1. The summed E-state index contributed by atoms with van der Waals surface area (Å²) in [6.07, 6.45) is 2.92. The van der Waals surface area contributed by atoms with Gasteiger partial charge in [0.15, 0.2) is 5.65 Å². The maximum absolute atomic E-state index is 13.5. The second-order valence-electron chi connectivity index (χ2n) is 9.04. The normalized spacial score (nSPS) is 11.2. The van der Waals surface area contributed by atoms with Gasteiger partial charge >= 0.3 is 0 Å². The van der Waals surface area contributed by atoms with E-state index >= 15 is 0 Å². The number of nitrogens with zero attached hydrogens (tertiary/aromatic N) is 4. The zero-order valence-electron chi connectivity index (χ0n) is 20.4. The van der Waals surface area contributed by atoms with Crippen LogP contribution in [-0.4, -0.2) is 39.0 Å². The van der Waals surface area contributed by atoms with Crippen molar-refractivity contribution in [1.29, 1.82) is 0 Å². The highest BCUT2D eigenvalue weighted by atomic mass is 35.5. The van der Waals surface area contributed by atoms with E-state index in [0.717, 1.165) is 40.3 Å². The Morgan fingerprint density at radius 1 is 1.06 bits per heavy atom. The number of carbonyl (C=O) groups excluding carboxylic acids is 1. The number of amides is 1. The van der Waals surface area contributed by atoms with Crippen LogP contribution in [0.3, 0.4) is 0 Å². The first-order valence-corrected chi connectivity index (χ1v) is 12.3. The number of pyridine rings is 1. The molecule has 0 atom stereocenters. The maximum Gasteiger partial charge on any atom is 0.227 e. The number of fused-ring (bicyclic) bond motifs is 1. The molecule has 6 nitrogen and oxygen atoms in total. The van der Waals surface area contributed by atoms with E-state index in [9.17, 15) is 4.79 Å². The van der Waals surface area contributed by atoms with E-state index in [0.29, 0.717) is 30.6 Å². The summed E-state index contributed by atoms with van der Waals surface area (Å²) in [6, 6.07) is 19.3. The van der Waals surface area contributed by atoms with E-state index in [-0.39, 0.29) is 12.3 Å². The Hall–Kier alpha value is -3.38. The van der Waals surface area contributed by atoms with Gasteiger partial charge in [0.05, 0.1) is 26.6 Å². The molecule has 0 N–H and O–H groups in total. The van der Waals surface area contributed by atoms with Gasteiger partial charge in [0, 0.05) is 23.3 Å². The van der Waals surface area contributed by atoms with Crippen LogP contribution in [0.15, 0.2) is 66.9 Å². The lowest BCUT2D eigenvalue weighted by Gasteiger charge is -2.24. The molecular formula is C28H31ClN4O2. The highest BCUT2D eigenvalue weighted by Crippen LogP contribution is 2.24. The summed E-state index contributed by atoms with van der Waals surface area (Å²) in [4.78, 5) is 24.8. The van der Waals surface area contributed by atoms with Crippen molar-refractivity contribution in [3.8, 4) is 5.75 Å². The summed E-state index contributed by atoms with van der Waals surface area (Å²) >= 11 is 6.35. The fourth-order valence-corrected chi connectivity index (χ4v) is 4.29. The fourth-order valence-electron chi connectivity index (χ4n) is 4.09. The van der Waals surface area contributed by atoms with E-state index in [1.54, 1.807) is 13.3 Å². The molecule has 0 radical (unpaired) electrons. The fraction of sp³-hybridized carbons (Fsp3) is 0.321. The largest absolute Gasteiger partial charge is 0.496 e. The number of aromatic nitrogens is 3. The molecule has 35 heavy (non-hydrogen) atoms. The number of methoxy groups -OCH3 is 1. The topological polar surface area (TPSA) is 60.2 Å². The molecule has 0 unspecified atom stereocenters. The summed E-state index contributed by atoms with van der Waals surface area (Å²) in [5, 5.41) is 0.609. The highest BCUT2D eigenvalue weighted by Gasteiger charge is 2.21. The van der Waals surface area contributed by atoms with Gasteiger partial charge in [-0.3, -0.25) is 4.79 Å². The van der Waals surface area contributed by atoms with Gasteiger partial charge in [-0.2, -0.15) is 0 Å². The molecule has 0 fully saturated rings. The molecule has 7 heteroatoms. The SMILES string of the molecule is COc1ccccc1Cn1c(CN(CCC(C)C)C(=O)Cc2ccccc2Cl)nc2cccnc21. The van der Waals surface area contributed by atoms with Gasteiger partial charge in [-0.05, 0) is 42.2 Å². The molecule has 1 amide bonds. The van der Waals surface area contributed by atoms with Gasteiger partial charge in [0.2, 0.25) is 5.91 Å². The molecule has 4 rings (SSSR count). The molecule has 0 saturated carbocycles. The number of imidazole rings is 1. The number of hydrogen-bond donors (Lipinski definition) is 0. The Morgan fingerprint density at radius 2 is 1.80 bits per heavy atom. The van der Waals surface area contributed by atoms with Crippen LogP contribution in [0, 0.1) is 5.92 Å². The lowest BCUT2D eigenvalue weighted by Crippen LogP contribution is -2.34. The number of hydrogen-bond acceptors (Lipinski definition) is 4. The van der Waals surface area contributed by atoms with Crippen LogP contribution in [-0.2, 0) is 24.3 Å². The molecule has 2 aromatic carbocycles. The molecule has 4 aromatic rings. The van der Waals surface area contributed by atoms with Gasteiger partial charge in [0.25, 0.3) is 0 Å². The third-order valence-corrected chi connectivity index (χ3v) is 6.43. The average Bonchev–Trinajstić information content (AvgIpc) is 3.20. The van der Waals surface area contributed by atoms with Crippen molar-refractivity contribution in [2.24, 2.45) is 5.92 Å². The molecule has 0 aliphatic carbocycles. The Labute approximate surface area is 211 Å². The number of para-hydroxylation sites is 1. The Bertz CT molecular complexity index is 1300. The number of benzene rings is 2. The van der Waals surface area contributed by atoms with Crippen LogP contribution in [0.25, 0.3) is 11.2 Å². The molecule has 0 bridgehead atoms. The van der Waals surface area contributed by atoms with E-state index in [4.69, 9.17) is 21.3 Å². The molecule has 0 aliphatic rings. The minimum atomic E-state index is 0.0302. The smallest absolute Gasteiger partial charge is 0.227 e. The standard InChI is InChI=1S/C28H31ClN4O2/c1-20(2)14-16-32(27(34)17-21-9-4-6-11-23(21)29)19-26-31-24-12-8-15-30-28(24)33(26)18-22-10-5-7-13-25(22)35-3/h4-13,15,20H,14,16-19H2,1-3H3. The lowest BCUT2D eigenvalue weighted by atomic mass is 10.1. The van der Waals surface area contributed by atoms with Gasteiger partial charge in [0.1, 0.15) is 17.1 Å². The predicted octanol–water partition coefficient (Wildman–Crippen LogP) is 5.76. The zero-order valence-corrected chi connectivity index (χ0v) is 21.2. The predicted molar refractivity (Wildman–Crippen MR) is 140 cm³/mol. The Kier molecular flexibility index (Phi) is 8.03. The van der Waals surface area contributed by atoms with Gasteiger partial charge in [-0.25, -0.2) is 9.97 Å². The molecular weight excluding hydrogens is 460 g/mol. The lowest BCUT2D eigenvalue weighted by molar-refractivity contribution is -0.131. The van der Waals surface area contributed by atoms with E-state index in [1.807, 2.05) is 65.6 Å². The third kappa shape index (κ3) is 6.01. The summed E-state index contributed by atoms with van der Waals surface area (Å²) in [5.74, 6) is 2.10. The number of carbonyl (C=O) groups is 1. The minimum Gasteiger partial charge on any atom is -0.496 e. The average molecular weight is 491 g/mol. The van der Waals surface area contributed by atoms with Crippen LogP contribution in [0.2, 0.25) is 5.02 Å².